The number of sulfonamides is 1. The summed E-state index contributed by atoms with van der Waals surface area (Å²) in [7, 11) is -3.66. The highest BCUT2D eigenvalue weighted by Gasteiger charge is 2.16. The van der Waals surface area contributed by atoms with Gasteiger partial charge in [-0.1, -0.05) is 19.1 Å². The Morgan fingerprint density at radius 3 is 2.57 bits per heavy atom. The molecular weight excluding hydrogens is 319 g/mol. The number of hydrogen-bond acceptors (Lipinski definition) is 3. The van der Waals surface area contributed by atoms with Gasteiger partial charge >= 0.3 is 0 Å². The van der Waals surface area contributed by atoms with E-state index in [-0.39, 0.29) is 22.7 Å². The van der Waals surface area contributed by atoms with E-state index in [0.717, 1.165) is 5.56 Å². The molecule has 0 fully saturated rings. The van der Waals surface area contributed by atoms with E-state index in [1.807, 2.05) is 0 Å². The van der Waals surface area contributed by atoms with Crippen LogP contribution in [0.3, 0.4) is 0 Å². The molecule has 2 rings (SSSR count). The van der Waals surface area contributed by atoms with Gasteiger partial charge < -0.3 is 5.32 Å². The molecule has 0 unspecified atom stereocenters. The van der Waals surface area contributed by atoms with Gasteiger partial charge in [-0.15, -0.1) is 0 Å². The zero-order chi connectivity index (χ0) is 17.0. The number of anilines is 1. The third kappa shape index (κ3) is 4.14. The maximum Gasteiger partial charge on any atom is 0.255 e. The summed E-state index contributed by atoms with van der Waals surface area (Å²) in [5.41, 5.74) is 0.906. The summed E-state index contributed by atoms with van der Waals surface area (Å²) in [5, 5.41) is 2.44. The zero-order valence-corrected chi connectivity index (χ0v) is 13.6. The van der Waals surface area contributed by atoms with E-state index in [1.54, 1.807) is 19.9 Å². The molecule has 122 valence electrons. The summed E-state index contributed by atoms with van der Waals surface area (Å²) in [6.07, 6.45) is 0. The summed E-state index contributed by atoms with van der Waals surface area (Å²) in [6.45, 7) is 3.64. The summed E-state index contributed by atoms with van der Waals surface area (Å²) < 4.78 is 40.0. The average Bonchev–Trinajstić information content (AvgIpc) is 2.50. The first-order valence-corrected chi connectivity index (χ1v) is 8.49. The molecule has 0 atom stereocenters. The van der Waals surface area contributed by atoms with Gasteiger partial charge in [-0.2, -0.15) is 0 Å². The number of aryl methyl sites for hydroxylation is 1. The lowest BCUT2D eigenvalue weighted by Gasteiger charge is -2.09. The molecule has 2 N–H and O–H groups in total. The number of halogens is 1. The van der Waals surface area contributed by atoms with E-state index in [1.165, 1.54) is 36.4 Å². The first-order chi connectivity index (χ1) is 10.8. The smallest absolute Gasteiger partial charge is 0.255 e. The van der Waals surface area contributed by atoms with Gasteiger partial charge in [0.25, 0.3) is 5.91 Å². The number of carbonyl (C=O) groups excluding carboxylic acids is 1. The predicted molar refractivity (Wildman–Crippen MR) is 86.4 cm³/mol. The number of benzene rings is 2. The fourth-order valence-electron chi connectivity index (χ4n) is 1.99. The van der Waals surface area contributed by atoms with Crippen LogP contribution in [0.5, 0.6) is 0 Å². The monoisotopic (exact) mass is 336 g/mol. The molecule has 23 heavy (non-hydrogen) atoms. The Labute approximate surface area is 134 Å². The number of nitrogens with one attached hydrogen (secondary N) is 2. The molecule has 2 aromatic rings. The van der Waals surface area contributed by atoms with Gasteiger partial charge in [0.15, 0.2) is 0 Å². The average molecular weight is 336 g/mol. The van der Waals surface area contributed by atoms with Crippen molar-refractivity contribution in [3.05, 3.63) is 59.4 Å². The van der Waals surface area contributed by atoms with Gasteiger partial charge in [0.05, 0.1) is 10.6 Å². The Morgan fingerprint density at radius 2 is 1.91 bits per heavy atom. The molecule has 0 radical (unpaired) electrons. The van der Waals surface area contributed by atoms with Crippen LogP contribution in [0.25, 0.3) is 0 Å². The fraction of sp³-hybridized carbons (Fsp3) is 0.188. The molecule has 0 bridgehead atoms. The van der Waals surface area contributed by atoms with Crippen molar-refractivity contribution in [3.8, 4) is 0 Å². The van der Waals surface area contributed by atoms with E-state index in [9.17, 15) is 17.6 Å². The van der Waals surface area contributed by atoms with Crippen LogP contribution in [0.4, 0.5) is 10.1 Å². The van der Waals surface area contributed by atoms with E-state index in [0.29, 0.717) is 0 Å². The summed E-state index contributed by atoms with van der Waals surface area (Å²) in [5.74, 6) is -1.13. The second-order valence-corrected chi connectivity index (χ2v) is 6.73. The Kier molecular flexibility index (Phi) is 5.12. The second-order valence-electron chi connectivity index (χ2n) is 4.97. The molecule has 0 saturated carbocycles. The number of carbonyl (C=O) groups is 1. The molecule has 1 amide bonds. The van der Waals surface area contributed by atoms with Crippen LogP contribution in [-0.2, 0) is 10.0 Å². The first-order valence-electron chi connectivity index (χ1n) is 7.00. The Hall–Kier alpha value is -2.25. The van der Waals surface area contributed by atoms with E-state index in [2.05, 4.69) is 10.0 Å². The third-order valence-corrected chi connectivity index (χ3v) is 4.66. The number of amides is 1. The fourth-order valence-corrected chi connectivity index (χ4v) is 3.08. The van der Waals surface area contributed by atoms with Crippen molar-refractivity contribution in [3.63, 3.8) is 0 Å². The Bertz CT molecular complexity index is 835. The van der Waals surface area contributed by atoms with Crippen LogP contribution in [0.1, 0.15) is 22.8 Å². The summed E-state index contributed by atoms with van der Waals surface area (Å²) >= 11 is 0. The van der Waals surface area contributed by atoms with Crippen LogP contribution in [0.2, 0.25) is 0 Å². The topological polar surface area (TPSA) is 75.3 Å². The molecule has 7 heteroatoms. The van der Waals surface area contributed by atoms with Gasteiger partial charge in [-0.3, -0.25) is 4.79 Å². The summed E-state index contributed by atoms with van der Waals surface area (Å²) in [6, 6.07) is 10.0. The summed E-state index contributed by atoms with van der Waals surface area (Å²) in [4.78, 5) is 12.2. The molecule has 0 aliphatic carbocycles. The first kappa shape index (κ1) is 17.1. The minimum absolute atomic E-state index is 0.0172. The maximum atomic E-state index is 13.8. The molecule has 0 spiro atoms. The van der Waals surface area contributed by atoms with E-state index in [4.69, 9.17) is 0 Å². The van der Waals surface area contributed by atoms with Crippen molar-refractivity contribution in [1.82, 2.24) is 4.72 Å². The van der Waals surface area contributed by atoms with Gasteiger partial charge in [0.2, 0.25) is 10.0 Å². The normalized spacial score (nSPS) is 11.3. The van der Waals surface area contributed by atoms with Crippen LogP contribution < -0.4 is 10.0 Å². The second kappa shape index (κ2) is 6.89. The highest BCUT2D eigenvalue weighted by Crippen LogP contribution is 2.17. The van der Waals surface area contributed by atoms with Crippen LogP contribution >= 0.6 is 0 Å². The lowest BCUT2D eigenvalue weighted by Crippen LogP contribution is -2.23. The Morgan fingerprint density at radius 1 is 1.17 bits per heavy atom. The van der Waals surface area contributed by atoms with Crippen molar-refractivity contribution in [1.29, 1.82) is 0 Å². The molecule has 0 heterocycles. The van der Waals surface area contributed by atoms with Crippen molar-refractivity contribution < 1.29 is 17.6 Å². The van der Waals surface area contributed by atoms with Crippen LogP contribution in [0.15, 0.2) is 47.4 Å². The van der Waals surface area contributed by atoms with Gasteiger partial charge in [-0.25, -0.2) is 17.5 Å². The predicted octanol–water partition coefficient (Wildman–Crippen LogP) is 2.68. The lowest BCUT2D eigenvalue weighted by molar-refractivity contribution is 0.102. The molecule has 0 aromatic heterocycles. The largest absolute Gasteiger partial charge is 0.319 e. The van der Waals surface area contributed by atoms with Crippen LogP contribution in [0, 0.1) is 12.7 Å². The van der Waals surface area contributed by atoms with Crippen molar-refractivity contribution in [2.75, 3.05) is 11.9 Å². The number of hydrogen-bond donors (Lipinski definition) is 2. The van der Waals surface area contributed by atoms with E-state index < -0.39 is 21.7 Å². The molecule has 0 aliphatic heterocycles. The van der Waals surface area contributed by atoms with E-state index >= 15 is 0 Å². The van der Waals surface area contributed by atoms with Gasteiger partial charge in [0.1, 0.15) is 5.82 Å². The highest BCUT2D eigenvalue weighted by molar-refractivity contribution is 7.89. The third-order valence-electron chi connectivity index (χ3n) is 3.11. The van der Waals surface area contributed by atoms with Crippen LogP contribution in [-0.4, -0.2) is 20.9 Å². The molecule has 2 aromatic carbocycles. The quantitative estimate of drug-likeness (QED) is 0.881. The molecule has 0 saturated heterocycles. The van der Waals surface area contributed by atoms with Crippen molar-refractivity contribution in [2.45, 2.75) is 18.7 Å². The number of rotatable bonds is 5. The maximum absolute atomic E-state index is 13.8. The minimum Gasteiger partial charge on any atom is -0.319 e. The molecule has 5 nitrogen and oxygen atoms in total. The molecular formula is C16H17FN2O3S. The zero-order valence-electron chi connectivity index (χ0n) is 12.8. The van der Waals surface area contributed by atoms with Gasteiger partial charge in [-0.05, 0) is 42.8 Å². The van der Waals surface area contributed by atoms with Crippen molar-refractivity contribution in [2.24, 2.45) is 0 Å². The lowest BCUT2D eigenvalue weighted by atomic mass is 10.2. The highest BCUT2D eigenvalue weighted by atomic mass is 32.2. The van der Waals surface area contributed by atoms with Crippen molar-refractivity contribution >= 4 is 21.6 Å². The Balaban J connectivity index is 2.27. The molecule has 0 aliphatic rings. The minimum atomic E-state index is -3.66. The standard InChI is InChI=1S/C16H17FN2O3S/c1-3-18-23(21,22)13-6-4-5-12(10-13)16(20)19-15-8-7-11(2)9-14(15)17/h4-10,18H,3H2,1-2H3,(H,19,20). The van der Waals surface area contributed by atoms with Gasteiger partial charge in [0, 0.05) is 12.1 Å². The SMILES string of the molecule is CCNS(=O)(=O)c1cccc(C(=O)Nc2ccc(C)cc2F)c1.